The summed E-state index contributed by atoms with van der Waals surface area (Å²) in [6, 6.07) is 20.0. The van der Waals surface area contributed by atoms with Crippen molar-refractivity contribution in [3.8, 4) is 22.6 Å². The van der Waals surface area contributed by atoms with Gasteiger partial charge in [-0.25, -0.2) is 5.48 Å². The van der Waals surface area contributed by atoms with Crippen LogP contribution in [0.3, 0.4) is 0 Å². The number of hydroxylamine groups is 1. The van der Waals surface area contributed by atoms with Crippen molar-refractivity contribution in [2.75, 3.05) is 13.2 Å². The van der Waals surface area contributed by atoms with Crippen molar-refractivity contribution in [3.63, 3.8) is 0 Å². The van der Waals surface area contributed by atoms with Gasteiger partial charge in [-0.15, -0.1) is 0 Å². The fraction of sp³-hybridized carbons (Fsp3) is 0.250. The zero-order chi connectivity index (χ0) is 20.6. The molecule has 0 fully saturated rings. The molecule has 0 spiro atoms. The van der Waals surface area contributed by atoms with Gasteiger partial charge in [0.2, 0.25) is 0 Å². The molecule has 0 aliphatic heterocycles. The number of aliphatic hydroxyl groups excluding tert-OH is 1. The Morgan fingerprint density at radius 1 is 0.828 bits per heavy atom. The second-order valence-electron chi connectivity index (χ2n) is 6.97. The van der Waals surface area contributed by atoms with E-state index in [2.05, 4.69) is 37.5 Å². The summed E-state index contributed by atoms with van der Waals surface area (Å²) in [6.45, 7) is 5.32. The zero-order valence-corrected chi connectivity index (χ0v) is 16.8. The minimum absolute atomic E-state index is 0.00292. The molecule has 0 aliphatic carbocycles. The van der Waals surface area contributed by atoms with E-state index in [-0.39, 0.29) is 6.61 Å². The summed E-state index contributed by atoms with van der Waals surface area (Å²) in [5.41, 5.74) is 8.80. The normalized spacial score (nSPS) is 10.8. The third-order valence-electron chi connectivity index (χ3n) is 4.69. The first-order valence-electron chi connectivity index (χ1n) is 9.63. The van der Waals surface area contributed by atoms with Crippen molar-refractivity contribution in [2.45, 2.75) is 27.0 Å². The maximum absolute atomic E-state index is 8.95. The molecule has 0 atom stereocenters. The van der Waals surface area contributed by atoms with E-state index in [1.165, 1.54) is 5.56 Å². The lowest BCUT2D eigenvalue weighted by atomic mass is 9.94. The number of aliphatic hydroxyl groups is 1. The topological polar surface area (TPSA) is 71.0 Å². The van der Waals surface area contributed by atoms with Crippen LogP contribution in [0, 0.1) is 13.8 Å². The Labute approximate surface area is 171 Å². The van der Waals surface area contributed by atoms with Gasteiger partial charge >= 0.3 is 0 Å². The van der Waals surface area contributed by atoms with Gasteiger partial charge in [0.1, 0.15) is 24.7 Å². The van der Waals surface area contributed by atoms with E-state index in [0.717, 1.165) is 39.3 Å². The predicted octanol–water partition coefficient (Wildman–Crippen LogP) is 4.40. The molecule has 0 saturated carbocycles. The van der Waals surface area contributed by atoms with Gasteiger partial charge in [-0.1, -0.05) is 30.3 Å². The van der Waals surface area contributed by atoms with Crippen molar-refractivity contribution < 1.29 is 19.8 Å². The largest absolute Gasteiger partial charge is 0.491 e. The molecule has 5 heteroatoms. The van der Waals surface area contributed by atoms with Gasteiger partial charge in [0.15, 0.2) is 0 Å². The molecule has 3 rings (SSSR count). The molecule has 0 radical (unpaired) electrons. The average Bonchev–Trinajstić information content (AvgIpc) is 2.72. The highest BCUT2D eigenvalue weighted by molar-refractivity contribution is 5.72. The number of nitrogens with one attached hydrogen (secondary N) is 1. The third kappa shape index (κ3) is 5.57. The van der Waals surface area contributed by atoms with Gasteiger partial charge in [-0.2, -0.15) is 0 Å². The van der Waals surface area contributed by atoms with Crippen LogP contribution in [0.25, 0.3) is 11.1 Å². The summed E-state index contributed by atoms with van der Waals surface area (Å²) in [5, 5.41) is 17.7. The second-order valence-corrected chi connectivity index (χ2v) is 6.97. The Kier molecular flexibility index (Phi) is 7.25. The number of hydrogen-bond donors (Lipinski definition) is 3. The third-order valence-corrected chi connectivity index (χ3v) is 4.69. The Morgan fingerprint density at radius 3 is 2.21 bits per heavy atom. The summed E-state index contributed by atoms with van der Waals surface area (Å²) in [5.74, 6) is 1.56. The predicted molar refractivity (Wildman–Crippen MR) is 113 cm³/mol. The summed E-state index contributed by atoms with van der Waals surface area (Å²) in [4.78, 5) is 0. The van der Waals surface area contributed by atoms with Gasteiger partial charge in [-0.3, -0.25) is 0 Å². The molecule has 152 valence electrons. The van der Waals surface area contributed by atoms with E-state index in [4.69, 9.17) is 19.8 Å². The monoisotopic (exact) mass is 393 g/mol. The first-order chi connectivity index (χ1) is 14.1. The first-order valence-corrected chi connectivity index (χ1v) is 9.63. The Morgan fingerprint density at radius 2 is 1.55 bits per heavy atom. The smallest absolute Gasteiger partial charge is 0.119 e. The van der Waals surface area contributed by atoms with Crippen LogP contribution in [0.5, 0.6) is 11.5 Å². The fourth-order valence-corrected chi connectivity index (χ4v) is 3.40. The summed E-state index contributed by atoms with van der Waals surface area (Å²) in [6.07, 6.45) is 0. The molecule has 29 heavy (non-hydrogen) atoms. The average molecular weight is 393 g/mol. The molecular formula is C24H27NO4. The maximum Gasteiger partial charge on any atom is 0.119 e. The molecular weight excluding hydrogens is 366 g/mol. The number of aryl methyl sites for hydroxylation is 2. The lowest BCUT2D eigenvalue weighted by Crippen LogP contribution is -2.05. The molecule has 3 aromatic rings. The van der Waals surface area contributed by atoms with Gasteiger partial charge in [0.25, 0.3) is 0 Å². The van der Waals surface area contributed by atoms with E-state index < -0.39 is 0 Å². The molecule has 0 aromatic heterocycles. The molecule has 0 heterocycles. The molecule has 5 nitrogen and oxygen atoms in total. The van der Waals surface area contributed by atoms with E-state index >= 15 is 0 Å². The molecule has 3 aromatic carbocycles. The van der Waals surface area contributed by atoms with Crippen molar-refractivity contribution in [3.05, 3.63) is 82.9 Å². The lowest BCUT2D eigenvalue weighted by Gasteiger charge is -2.15. The zero-order valence-electron chi connectivity index (χ0n) is 16.8. The molecule has 0 saturated heterocycles. The minimum atomic E-state index is 0.00292. The molecule has 3 N–H and O–H groups in total. The highest BCUT2D eigenvalue weighted by Gasteiger charge is 2.09. The molecule has 0 unspecified atom stereocenters. The van der Waals surface area contributed by atoms with Crippen LogP contribution >= 0.6 is 0 Å². The Hall–Kier alpha value is -2.86. The van der Waals surface area contributed by atoms with Crippen LogP contribution in [0.1, 0.15) is 22.3 Å². The van der Waals surface area contributed by atoms with Crippen LogP contribution in [-0.2, 0) is 13.2 Å². The van der Waals surface area contributed by atoms with Gasteiger partial charge in [-0.05, 0) is 77.6 Å². The number of ether oxygens (including phenoxy) is 2. The molecule has 0 bridgehead atoms. The van der Waals surface area contributed by atoms with Crippen LogP contribution in [0.15, 0.2) is 60.7 Å². The Balaban J connectivity index is 1.74. The van der Waals surface area contributed by atoms with E-state index in [9.17, 15) is 0 Å². The SMILES string of the molecule is Cc1cc(OCCO)cc(C)c1-c1cccc(COc2ccc(CNO)cc2)c1. The van der Waals surface area contributed by atoms with Gasteiger partial charge in [0.05, 0.1) is 6.61 Å². The van der Waals surface area contributed by atoms with Crippen molar-refractivity contribution in [1.82, 2.24) is 5.48 Å². The van der Waals surface area contributed by atoms with E-state index in [1.54, 1.807) is 0 Å². The summed E-state index contributed by atoms with van der Waals surface area (Å²) in [7, 11) is 0. The summed E-state index contributed by atoms with van der Waals surface area (Å²) < 4.78 is 11.5. The van der Waals surface area contributed by atoms with Crippen LogP contribution < -0.4 is 15.0 Å². The maximum atomic E-state index is 8.95. The van der Waals surface area contributed by atoms with Crippen molar-refractivity contribution in [2.24, 2.45) is 0 Å². The van der Waals surface area contributed by atoms with Crippen LogP contribution in [0.4, 0.5) is 0 Å². The van der Waals surface area contributed by atoms with Gasteiger partial charge in [0, 0.05) is 6.54 Å². The molecule has 0 aliphatic rings. The van der Waals surface area contributed by atoms with Crippen LogP contribution in [-0.4, -0.2) is 23.5 Å². The lowest BCUT2D eigenvalue weighted by molar-refractivity contribution is 0.161. The molecule has 0 amide bonds. The second kappa shape index (κ2) is 10.1. The minimum Gasteiger partial charge on any atom is -0.491 e. The van der Waals surface area contributed by atoms with E-state index in [1.807, 2.05) is 42.5 Å². The van der Waals surface area contributed by atoms with E-state index in [0.29, 0.717) is 19.8 Å². The Bertz CT molecular complexity index is 915. The number of rotatable bonds is 9. The van der Waals surface area contributed by atoms with Crippen LogP contribution in [0.2, 0.25) is 0 Å². The number of benzene rings is 3. The fourth-order valence-electron chi connectivity index (χ4n) is 3.40. The first kappa shape index (κ1) is 20.9. The van der Waals surface area contributed by atoms with Crippen molar-refractivity contribution in [1.29, 1.82) is 0 Å². The highest BCUT2D eigenvalue weighted by Crippen LogP contribution is 2.31. The quantitative estimate of drug-likeness (QED) is 0.470. The number of hydrogen-bond acceptors (Lipinski definition) is 5. The highest BCUT2D eigenvalue weighted by atomic mass is 16.5. The van der Waals surface area contributed by atoms with Crippen molar-refractivity contribution >= 4 is 0 Å². The summed E-state index contributed by atoms with van der Waals surface area (Å²) >= 11 is 0. The van der Waals surface area contributed by atoms with Gasteiger partial charge < -0.3 is 19.8 Å². The standard InChI is InChI=1S/C24H27NO4/c1-17-12-23(28-11-10-26)13-18(2)24(17)21-5-3-4-20(14-21)16-29-22-8-6-19(7-9-22)15-25-27/h3-9,12-14,25-27H,10-11,15-16H2,1-2H3.